The molecule has 82 valence electrons. The molecule has 2 heterocycles. The second-order valence-electron chi connectivity index (χ2n) is 2.85. The lowest BCUT2D eigenvalue weighted by Crippen LogP contribution is -2.15. The summed E-state index contributed by atoms with van der Waals surface area (Å²) in [6.45, 7) is 0. The molecule has 0 aliphatic rings. The Hall–Kier alpha value is -1.96. The van der Waals surface area contributed by atoms with Crippen LogP contribution in [0.2, 0.25) is 0 Å². The van der Waals surface area contributed by atoms with E-state index in [1.165, 1.54) is 12.4 Å². The highest BCUT2D eigenvalue weighted by atomic mass is 79.9. The Balaban J connectivity index is 2.33. The maximum Gasteiger partial charge on any atom is 0.190 e. The molecule has 0 unspecified atom stereocenters. The SMILES string of the molecule is NC(=NO)c1cnc(-n2cc(Br)cn2)cn1. The Labute approximate surface area is 98.8 Å². The van der Waals surface area contributed by atoms with Crippen LogP contribution in [0.3, 0.4) is 0 Å². The lowest BCUT2D eigenvalue weighted by Gasteiger charge is -2.00. The molecule has 0 aliphatic heterocycles. The van der Waals surface area contributed by atoms with E-state index >= 15 is 0 Å². The number of nitrogens with two attached hydrogens (primary N) is 1. The van der Waals surface area contributed by atoms with E-state index in [1.807, 2.05) is 0 Å². The largest absolute Gasteiger partial charge is 0.409 e. The maximum atomic E-state index is 8.45. The molecule has 0 fully saturated rings. The lowest BCUT2D eigenvalue weighted by atomic mass is 10.4. The van der Waals surface area contributed by atoms with Crippen LogP contribution < -0.4 is 5.73 Å². The van der Waals surface area contributed by atoms with Gasteiger partial charge in [-0.25, -0.2) is 14.6 Å². The van der Waals surface area contributed by atoms with Crippen LogP contribution in [0.15, 0.2) is 34.4 Å². The zero-order chi connectivity index (χ0) is 11.5. The number of aromatic nitrogens is 4. The van der Waals surface area contributed by atoms with Crippen molar-refractivity contribution in [2.45, 2.75) is 0 Å². The average molecular weight is 283 g/mol. The van der Waals surface area contributed by atoms with Gasteiger partial charge in [-0.1, -0.05) is 5.16 Å². The summed E-state index contributed by atoms with van der Waals surface area (Å²) < 4.78 is 2.39. The van der Waals surface area contributed by atoms with Gasteiger partial charge in [0.25, 0.3) is 0 Å². The Morgan fingerprint density at radius 2 is 2.19 bits per heavy atom. The van der Waals surface area contributed by atoms with Crippen molar-refractivity contribution in [3.8, 4) is 5.82 Å². The third-order valence-electron chi connectivity index (χ3n) is 1.79. The zero-order valence-corrected chi connectivity index (χ0v) is 9.53. The summed E-state index contributed by atoms with van der Waals surface area (Å²) in [5, 5.41) is 15.3. The van der Waals surface area contributed by atoms with Crippen molar-refractivity contribution in [2.24, 2.45) is 10.9 Å². The Morgan fingerprint density at radius 1 is 1.38 bits per heavy atom. The first-order chi connectivity index (χ1) is 7.70. The molecule has 8 heteroatoms. The fraction of sp³-hybridized carbons (Fsp3) is 0. The molecule has 0 atom stereocenters. The van der Waals surface area contributed by atoms with Crippen LogP contribution in [0.5, 0.6) is 0 Å². The number of oxime groups is 1. The summed E-state index contributed by atoms with van der Waals surface area (Å²) in [7, 11) is 0. The molecule has 7 nitrogen and oxygen atoms in total. The van der Waals surface area contributed by atoms with Crippen LogP contribution in [0.25, 0.3) is 5.82 Å². The fourth-order valence-electron chi connectivity index (χ4n) is 1.05. The minimum Gasteiger partial charge on any atom is -0.409 e. The molecule has 0 radical (unpaired) electrons. The van der Waals surface area contributed by atoms with E-state index in [9.17, 15) is 0 Å². The summed E-state index contributed by atoms with van der Waals surface area (Å²) >= 11 is 3.27. The number of halogens is 1. The molecule has 0 aromatic carbocycles. The van der Waals surface area contributed by atoms with Crippen molar-refractivity contribution in [3.63, 3.8) is 0 Å². The molecule has 2 rings (SSSR count). The maximum absolute atomic E-state index is 8.45. The van der Waals surface area contributed by atoms with Gasteiger partial charge in [0.15, 0.2) is 11.7 Å². The molecular weight excluding hydrogens is 276 g/mol. The molecule has 0 saturated heterocycles. The smallest absolute Gasteiger partial charge is 0.190 e. The van der Waals surface area contributed by atoms with Gasteiger partial charge in [-0.15, -0.1) is 0 Å². The topological polar surface area (TPSA) is 102 Å². The first kappa shape index (κ1) is 10.6. The van der Waals surface area contributed by atoms with E-state index in [2.05, 4.69) is 36.2 Å². The number of hydrogen-bond acceptors (Lipinski definition) is 5. The molecule has 0 amide bonds. The van der Waals surface area contributed by atoms with Gasteiger partial charge in [0.2, 0.25) is 0 Å². The predicted octanol–water partition coefficient (Wildman–Crippen LogP) is 0.519. The lowest BCUT2D eigenvalue weighted by molar-refractivity contribution is 0.318. The van der Waals surface area contributed by atoms with E-state index in [0.717, 1.165) is 4.47 Å². The normalized spacial score (nSPS) is 11.7. The number of amidine groups is 1. The molecular formula is C8H7BrN6O. The minimum absolute atomic E-state index is 0.0827. The molecule has 0 saturated carbocycles. The van der Waals surface area contributed by atoms with Crippen LogP contribution >= 0.6 is 15.9 Å². The van der Waals surface area contributed by atoms with E-state index in [4.69, 9.17) is 10.9 Å². The zero-order valence-electron chi connectivity index (χ0n) is 7.95. The van der Waals surface area contributed by atoms with Gasteiger partial charge >= 0.3 is 0 Å². The van der Waals surface area contributed by atoms with Gasteiger partial charge in [0, 0.05) is 6.20 Å². The van der Waals surface area contributed by atoms with Crippen molar-refractivity contribution in [1.29, 1.82) is 0 Å². The highest BCUT2D eigenvalue weighted by Crippen LogP contribution is 2.09. The van der Waals surface area contributed by atoms with Crippen molar-refractivity contribution in [1.82, 2.24) is 19.7 Å². The number of rotatable bonds is 2. The van der Waals surface area contributed by atoms with Crippen LogP contribution in [0.1, 0.15) is 5.69 Å². The standard InChI is InChI=1S/C8H7BrN6O/c9-5-1-13-15(4-5)7-3-11-6(2-12-7)8(10)14-16/h1-4,16H,(H2,10,14). The van der Waals surface area contributed by atoms with Gasteiger partial charge in [0.05, 0.1) is 23.1 Å². The van der Waals surface area contributed by atoms with Gasteiger partial charge in [-0.2, -0.15) is 5.10 Å². The van der Waals surface area contributed by atoms with Crippen molar-refractivity contribution in [3.05, 3.63) is 35.0 Å². The van der Waals surface area contributed by atoms with Gasteiger partial charge in [0.1, 0.15) is 5.69 Å². The van der Waals surface area contributed by atoms with Crippen molar-refractivity contribution in [2.75, 3.05) is 0 Å². The second-order valence-corrected chi connectivity index (χ2v) is 3.76. The van der Waals surface area contributed by atoms with E-state index in [0.29, 0.717) is 11.5 Å². The summed E-state index contributed by atoms with van der Waals surface area (Å²) in [6, 6.07) is 0. The number of hydrogen-bond donors (Lipinski definition) is 2. The molecule has 3 N–H and O–H groups in total. The highest BCUT2D eigenvalue weighted by molar-refractivity contribution is 9.10. The highest BCUT2D eigenvalue weighted by Gasteiger charge is 2.04. The van der Waals surface area contributed by atoms with Gasteiger partial charge in [-0.3, -0.25) is 0 Å². The molecule has 0 spiro atoms. The minimum atomic E-state index is -0.0827. The van der Waals surface area contributed by atoms with Crippen LogP contribution in [-0.2, 0) is 0 Å². The summed E-state index contributed by atoms with van der Waals surface area (Å²) in [6.07, 6.45) is 6.26. The number of nitrogens with zero attached hydrogens (tertiary/aromatic N) is 5. The molecule has 2 aromatic heterocycles. The summed E-state index contributed by atoms with van der Waals surface area (Å²) in [4.78, 5) is 8.06. The Morgan fingerprint density at radius 3 is 2.69 bits per heavy atom. The van der Waals surface area contributed by atoms with E-state index in [-0.39, 0.29) is 5.84 Å². The Bertz CT molecular complexity index is 520. The third-order valence-corrected chi connectivity index (χ3v) is 2.20. The third kappa shape index (κ3) is 2.01. The first-order valence-electron chi connectivity index (χ1n) is 4.21. The van der Waals surface area contributed by atoms with E-state index < -0.39 is 0 Å². The summed E-state index contributed by atoms with van der Waals surface area (Å²) in [5.41, 5.74) is 5.66. The van der Waals surface area contributed by atoms with Crippen molar-refractivity contribution < 1.29 is 5.21 Å². The van der Waals surface area contributed by atoms with Crippen LogP contribution in [0.4, 0.5) is 0 Å². The Kier molecular flexibility index (Phi) is 2.82. The average Bonchev–Trinajstić information content (AvgIpc) is 2.75. The van der Waals surface area contributed by atoms with Crippen molar-refractivity contribution >= 4 is 21.8 Å². The van der Waals surface area contributed by atoms with Crippen LogP contribution in [0, 0.1) is 0 Å². The molecule has 0 bridgehead atoms. The monoisotopic (exact) mass is 282 g/mol. The molecule has 0 aliphatic carbocycles. The molecule has 16 heavy (non-hydrogen) atoms. The first-order valence-corrected chi connectivity index (χ1v) is 5.00. The van der Waals surface area contributed by atoms with Gasteiger partial charge in [-0.05, 0) is 15.9 Å². The van der Waals surface area contributed by atoms with Crippen LogP contribution in [-0.4, -0.2) is 30.8 Å². The fourth-order valence-corrected chi connectivity index (χ4v) is 1.33. The second kappa shape index (κ2) is 4.27. The quantitative estimate of drug-likeness (QED) is 0.362. The predicted molar refractivity (Wildman–Crippen MR) is 59.4 cm³/mol. The van der Waals surface area contributed by atoms with Gasteiger partial charge < -0.3 is 10.9 Å². The molecule has 2 aromatic rings. The summed E-state index contributed by atoms with van der Waals surface area (Å²) in [5.74, 6) is 0.459. The van der Waals surface area contributed by atoms with E-state index in [1.54, 1.807) is 17.1 Å².